The van der Waals surface area contributed by atoms with Crippen molar-refractivity contribution >= 4 is 0 Å². The first kappa shape index (κ1) is 18.7. The van der Waals surface area contributed by atoms with Crippen LogP contribution in [-0.2, 0) is 0 Å². The van der Waals surface area contributed by atoms with Gasteiger partial charge in [0, 0.05) is 0 Å². The van der Waals surface area contributed by atoms with Crippen molar-refractivity contribution in [3.63, 3.8) is 0 Å². The minimum Gasteiger partial charge on any atom is -0.505 e. The Bertz CT molecular complexity index is 582. The molecule has 0 heterocycles. The zero-order valence-electron chi connectivity index (χ0n) is 15.7. The maximum absolute atomic E-state index is 14.3. The quantitative estimate of drug-likeness (QED) is 0.629. The van der Waals surface area contributed by atoms with Crippen LogP contribution < -0.4 is 0 Å². The van der Waals surface area contributed by atoms with E-state index in [1.807, 2.05) is 0 Å². The summed E-state index contributed by atoms with van der Waals surface area (Å²) in [5.41, 5.74) is 0.906. The van der Waals surface area contributed by atoms with Gasteiger partial charge in [0.15, 0.2) is 11.6 Å². The minimum absolute atomic E-state index is 0.0986. The molecular weight excluding hydrogens is 318 g/mol. The summed E-state index contributed by atoms with van der Waals surface area (Å²) in [5.74, 6) is 0.190. The standard InChI is InChI=1S/C22H32F2O/c1-3-4-15-5-7-16(8-6-15)17-9-11-18(12-10-17)19-13-14(2)22(25)21(24)20(19)23/h13,15-18,25H,3-12H2,1-2H3. The molecule has 1 aromatic carbocycles. The van der Waals surface area contributed by atoms with Crippen LogP contribution in [0.3, 0.4) is 0 Å². The van der Waals surface area contributed by atoms with Gasteiger partial charge in [0.25, 0.3) is 0 Å². The predicted molar refractivity (Wildman–Crippen MR) is 97.8 cm³/mol. The molecule has 2 fully saturated rings. The van der Waals surface area contributed by atoms with E-state index in [1.54, 1.807) is 13.0 Å². The van der Waals surface area contributed by atoms with Crippen molar-refractivity contribution in [2.45, 2.75) is 84.0 Å². The van der Waals surface area contributed by atoms with Gasteiger partial charge >= 0.3 is 0 Å². The lowest BCUT2D eigenvalue weighted by atomic mass is 9.68. The Hall–Kier alpha value is -1.12. The second-order valence-electron chi connectivity index (χ2n) is 8.44. The maximum atomic E-state index is 14.3. The summed E-state index contributed by atoms with van der Waals surface area (Å²) in [6.07, 6.45) is 12.3. The van der Waals surface area contributed by atoms with E-state index in [4.69, 9.17) is 0 Å². The first-order valence-electron chi connectivity index (χ1n) is 10.2. The number of hydrogen-bond acceptors (Lipinski definition) is 1. The second kappa shape index (κ2) is 8.05. The summed E-state index contributed by atoms with van der Waals surface area (Å²) in [7, 11) is 0. The molecular formula is C22H32F2O. The van der Waals surface area contributed by atoms with Crippen LogP contribution in [-0.4, -0.2) is 5.11 Å². The Morgan fingerprint density at radius 2 is 1.48 bits per heavy atom. The van der Waals surface area contributed by atoms with E-state index in [1.165, 1.54) is 38.5 Å². The fourth-order valence-electron chi connectivity index (χ4n) is 5.32. The zero-order chi connectivity index (χ0) is 18.0. The van der Waals surface area contributed by atoms with Gasteiger partial charge in [-0.15, -0.1) is 0 Å². The van der Waals surface area contributed by atoms with Crippen molar-refractivity contribution in [1.82, 2.24) is 0 Å². The Labute approximate surface area is 150 Å². The van der Waals surface area contributed by atoms with E-state index in [0.717, 1.165) is 43.4 Å². The van der Waals surface area contributed by atoms with E-state index in [2.05, 4.69) is 6.92 Å². The molecule has 0 aromatic heterocycles. The highest BCUT2D eigenvalue weighted by atomic mass is 19.2. The lowest BCUT2D eigenvalue weighted by Gasteiger charge is -2.38. The molecule has 1 N–H and O–H groups in total. The maximum Gasteiger partial charge on any atom is 0.200 e. The van der Waals surface area contributed by atoms with Crippen molar-refractivity contribution in [2.75, 3.05) is 0 Å². The molecule has 140 valence electrons. The lowest BCUT2D eigenvalue weighted by molar-refractivity contribution is 0.155. The van der Waals surface area contributed by atoms with Crippen molar-refractivity contribution in [3.8, 4) is 5.75 Å². The smallest absolute Gasteiger partial charge is 0.200 e. The number of aromatic hydroxyl groups is 1. The predicted octanol–water partition coefficient (Wildman–Crippen LogP) is 6.86. The Kier molecular flexibility index (Phi) is 6.01. The van der Waals surface area contributed by atoms with Gasteiger partial charge in [-0.2, -0.15) is 4.39 Å². The fraction of sp³-hybridized carbons (Fsp3) is 0.727. The fourth-order valence-corrected chi connectivity index (χ4v) is 5.32. The third-order valence-corrected chi connectivity index (χ3v) is 6.87. The summed E-state index contributed by atoms with van der Waals surface area (Å²) < 4.78 is 28.1. The topological polar surface area (TPSA) is 20.2 Å². The largest absolute Gasteiger partial charge is 0.505 e. The molecule has 2 aliphatic rings. The molecule has 1 nitrogen and oxygen atoms in total. The highest BCUT2D eigenvalue weighted by Gasteiger charge is 2.32. The number of hydrogen-bond donors (Lipinski definition) is 1. The van der Waals surface area contributed by atoms with Crippen LogP contribution >= 0.6 is 0 Å². The van der Waals surface area contributed by atoms with Gasteiger partial charge < -0.3 is 5.11 Å². The molecule has 3 heteroatoms. The summed E-state index contributed by atoms with van der Waals surface area (Å²) in [5, 5.41) is 9.57. The second-order valence-corrected chi connectivity index (χ2v) is 8.44. The monoisotopic (exact) mass is 350 g/mol. The average molecular weight is 350 g/mol. The molecule has 3 rings (SSSR count). The third-order valence-electron chi connectivity index (χ3n) is 6.87. The Balaban J connectivity index is 1.58. The van der Waals surface area contributed by atoms with Crippen LogP contribution in [0.25, 0.3) is 0 Å². The summed E-state index contributed by atoms with van der Waals surface area (Å²) in [6.45, 7) is 3.92. The normalized spacial score (nSPS) is 30.4. The number of rotatable bonds is 4. The van der Waals surface area contributed by atoms with E-state index in [9.17, 15) is 13.9 Å². The number of phenols is 1. The number of halogens is 2. The lowest BCUT2D eigenvalue weighted by Crippen LogP contribution is -2.25. The van der Waals surface area contributed by atoms with Crippen LogP contribution in [0.4, 0.5) is 8.78 Å². The van der Waals surface area contributed by atoms with Crippen molar-refractivity contribution in [3.05, 3.63) is 28.8 Å². The molecule has 2 saturated carbocycles. The van der Waals surface area contributed by atoms with Crippen molar-refractivity contribution in [2.24, 2.45) is 17.8 Å². The summed E-state index contributed by atoms with van der Waals surface area (Å²) >= 11 is 0. The molecule has 0 saturated heterocycles. The number of aryl methyl sites for hydroxylation is 1. The molecule has 0 atom stereocenters. The van der Waals surface area contributed by atoms with Crippen LogP contribution in [0.1, 0.15) is 88.2 Å². The van der Waals surface area contributed by atoms with Crippen molar-refractivity contribution < 1.29 is 13.9 Å². The molecule has 2 aliphatic carbocycles. The SMILES string of the molecule is CCCC1CCC(C2CCC(c3cc(C)c(O)c(F)c3F)CC2)CC1. The zero-order valence-corrected chi connectivity index (χ0v) is 15.7. The molecule has 0 bridgehead atoms. The van der Waals surface area contributed by atoms with Gasteiger partial charge in [-0.25, -0.2) is 4.39 Å². The van der Waals surface area contributed by atoms with Gasteiger partial charge in [-0.3, -0.25) is 0 Å². The van der Waals surface area contributed by atoms with Crippen LogP contribution in [0.15, 0.2) is 6.07 Å². The van der Waals surface area contributed by atoms with Gasteiger partial charge in [0.1, 0.15) is 0 Å². The van der Waals surface area contributed by atoms with E-state index >= 15 is 0 Å². The van der Waals surface area contributed by atoms with Crippen LogP contribution in [0.2, 0.25) is 0 Å². The van der Waals surface area contributed by atoms with Gasteiger partial charge in [-0.1, -0.05) is 32.6 Å². The van der Waals surface area contributed by atoms with Crippen LogP contribution in [0.5, 0.6) is 5.75 Å². The number of phenolic OH excluding ortho intramolecular Hbond substituents is 1. The average Bonchev–Trinajstić information content (AvgIpc) is 2.64. The van der Waals surface area contributed by atoms with Crippen LogP contribution in [0, 0.1) is 36.3 Å². The first-order valence-corrected chi connectivity index (χ1v) is 10.2. The molecule has 0 radical (unpaired) electrons. The molecule has 1 aromatic rings. The number of benzene rings is 1. The highest BCUT2D eigenvalue weighted by molar-refractivity contribution is 5.39. The summed E-state index contributed by atoms with van der Waals surface area (Å²) in [4.78, 5) is 0. The van der Waals surface area contributed by atoms with E-state index in [0.29, 0.717) is 11.1 Å². The molecule has 0 aliphatic heterocycles. The molecule has 0 unspecified atom stereocenters. The molecule has 0 spiro atoms. The summed E-state index contributed by atoms with van der Waals surface area (Å²) in [6, 6.07) is 1.65. The van der Waals surface area contributed by atoms with Gasteiger partial charge in [0.2, 0.25) is 5.82 Å². The van der Waals surface area contributed by atoms with Gasteiger partial charge in [-0.05, 0) is 86.3 Å². The van der Waals surface area contributed by atoms with Crippen molar-refractivity contribution in [1.29, 1.82) is 0 Å². The molecule has 25 heavy (non-hydrogen) atoms. The minimum atomic E-state index is -1.08. The van der Waals surface area contributed by atoms with E-state index < -0.39 is 17.4 Å². The van der Waals surface area contributed by atoms with Gasteiger partial charge in [0.05, 0.1) is 0 Å². The Morgan fingerprint density at radius 3 is 2.04 bits per heavy atom. The Morgan fingerprint density at radius 1 is 0.920 bits per heavy atom. The third kappa shape index (κ3) is 4.01. The highest BCUT2D eigenvalue weighted by Crippen LogP contribution is 2.45. The molecule has 0 amide bonds. The van der Waals surface area contributed by atoms with E-state index in [-0.39, 0.29) is 5.92 Å². The first-order chi connectivity index (χ1) is 12.0.